The van der Waals surface area contributed by atoms with Crippen LogP contribution in [0.3, 0.4) is 0 Å². The van der Waals surface area contributed by atoms with Crippen molar-refractivity contribution in [1.82, 2.24) is 5.32 Å². The summed E-state index contributed by atoms with van der Waals surface area (Å²) in [6, 6.07) is 7.95. The number of carbonyl (C=O) groups excluding carboxylic acids is 1. The van der Waals surface area contributed by atoms with E-state index in [9.17, 15) is 9.59 Å². The number of carboxylic acid groups (broad SMARTS) is 1. The van der Waals surface area contributed by atoms with E-state index in [1.165, 1.54) is 0 Å². The zero-order valence-corrected chi connectivity index (χ0v) is 12.3. The molecule has 22 heavy (non-hydrogen) atoms. The number of nitrogens with one attached hydrogen (secondary N) is 1. The van der Waals surface area contributed by atoms with E-state index in [4.69, 9.17) is 26.3 Å². The van der Waals surface area contributed by atoms with Gasteiger partial charge in [0, 0.05) is 12.8 Å². The molecule has 2 N–H and O–H groups in total. The van der Waals surface area contributed by atoms with Crippen LogP contribution in [0.25, 0.3) is 0 Å². The van der Waals surface area contributed by atoms with Crippen molar-refractivity contribution >= 4 is 28.8 Å². The Morgan fingerprint density at radius 3 is 2.77 bits per heavy atom. The van der Waals surface area contributed by atoms with Crippen molar-refractivity contribution in [2.24, 2.45) is 5.16 Å². The van der Waals surface area contributed by atoms with Gasteiger partial charge >= 0.3 is 12.1 Å². The highest BCUT2D eigenvalue weighted by Crippen LogP contribution is 2.17. The van der Waals surface area contributed by atoms with Crippen molar-refractivity contribution in [3.63, 3.8) is 0 Å². The SMILES string of the molecule is O=C(N[C@H](CC1CC(Cl)=NO1)C(=O)O)OCc1ccccc1. The maximum absolute atomic E-state index is 11.7. The van der Waals surface area contributed by atoms with E-state index in [1.807, 2.05) is 18.2 Å². The Morgan fingerprint density at radius 1 is 1.45 bits per heavy atom. The molecule has 2 atom stereocenters. The van der Waals surface area contributed by atoms with Crippen LogP contribution >= 0.6 is 11.6 Å². The molecule has 1 aromatic carbocycles. The number of oxime groups is 1. The molecule has 118 valence electrons. The van der Waals surface area contributed by atoms with E-state index in [1.54, 1.807) is 12.1 Å². The Labute approximate surface area is 131 Å². The van der Waals surface area contributed by atoms with Gasteiger partial charge in [-0.25, -0.2) is 9.59 Å². The molecule has 0 saturated carbocycles. The summed E-state index contributed by atoms with van der Waals surface area (Å²) >= 11 is 5.66. The number of amides is 1. The quantitative estimate of drug-likeness (QED) is 0.834. The maximum Gasteiger partial charge on any atom is 0.408 e. The Kier molecular flexibility index (Phi) is 5.60. The molecule has 0 radical (unpaired) electrons. The molecule has 0 aliphatic carbocycles. The second kappa shape index (κ2) is 7.65. The summed E-state index contributed by atoms with van der Waals surface area (Å²) in [4.78, 5) is 27.8. The van der Waals surface area contributed by atoms with Gasteiger partial charge in [0.2, 0.25) is 0 Å². The molecule has 1 unspecified atom stereocenters. The number of ether oxygens (including phenoxy) is 1. The van der Waals surface area contributed by atoms with Crippen molar-refractivity contribution in [1.29, 1.82) is 0 Å². The minimum absolute atomic E-state index is 0.0511. The second-order valence-electron chi connectivity index (χ2n) is 4.73. The highest BCUT2D eigenvalue weighted by atomic mass is 35.5. The van der Waals surface area contributed by atoms with Crippen LogP contribution in [0.1, 0.15) is 18.4 Å². The number of nitrogens with zero attached hydrogens (tertiary/aromatic N) is 1. The first kappa shape index (κ1) is 16.1. The van der Waals surface area contributed by atoms with Gasteiger partial charge in [0.25, 0.3) is 0 Å². The van der Waals surface area contributed by atoms with Crippen LogP contribution in [0.4, 0.5) is 4.79 Å². The van der Waals surface area contributed by atoms with Crippen LogP contribution in [0, 0.1) is 0 Å². The van der Waals surface area contributed by atoms with Crippen molar-refractivity contribution in [3.8, 4) is 0 Å². The number of rotatable bonds is 6. The molecule has 0 fully saturated rings. The predicted molar refractivity (Wildman–Crippen MR) is 78.6 cm³/mol. The van der Waals surface area contributed by atoms with Crippen LogP contribution in [0.5, 0.6) is 0 Å². The van der Waals surface area contributed by atoms with Gasteiger partial charge < -0.3 is 20.0 Å². The number of halogens is 1. The Hall–Kier alpha value is -2.28. The third kappa shape index (κ3) is 4.92. The third-order valence-electron chi connectivity index (χ3n) is 3.00. The lowest BCUT2D eigenvalue weighted by Crippen LogP contribution is -2.43. The molecule has 7 nitrogen and oxygen atoms in total. The monoisotopic (exact) mass is 326 g/mol. The fourth-order valence-corrected chi connectivity index (χ4v) is 2.12. The lowest BCUT2D eigenvalue weighted by atomic mass is 10.1. The van der Waals surface area contributed by atoms with Crippen LogP contribution in [-0.4, -0.2) is 34.5 Å². The Balaban J connectivity index is 1.80. The summed E-state index contributed by atoms with van der Waals surface area (Å²) in [6.07, 6.45) is -0.897. The lowest BCUT2D eigenvalue weighted by Gasteiger charge is -2.17. The van der Waals surface area contributed by atoms with Crippen LogP contribution in [-0.2, 0) is 21.0 Å². The van der Waals surface area contributed by atoms with Gasteiger partial charge in [-0.1, -0.05) is 47.1 Å². The molecule has 2 rings (SSSR count). The fourth-order valence-electron chi connectivity index (χ4n) is 1.91. The van der Waals surface area contributed by atoms with E-state index < -0.39 is 24.2 Å². The molecule has 1 heterocycles. The number of aliphatic carboxylic acids is 1. The van der Waals surface area contributed by atoms with E-state index in [0.29, 0.717) is 6.42 Å². The predicted octanol–water partition coefficient (Wildman–Crippen LogP) is 2.10. The fraction of sp³-hybridized carbons (Fsp3) is 0.357. The van der Waals surface area contributed by atoms with E-state index in [0.717, 1.165) is 5.56 Å². The van der Waals surface area contributed by atoms with Crippen LogP contribution in [0.2, 0.25) is 0 Å². The molecule has 1 aliphatic rings. The molecule has 1 amide bonds. The highest BCUT2D eigenvalue weighted by Gasteiger charge is 2.29. The van der Waals surface area contributed by atoms with Crippen molar-refractivity contribution < 1.29 is 24.3 Å². The molecule has 0 aromatic heterocycles. The molecule has 1 aromatic rings. The molecule has 1 aliphatic heterocycles. The number of carbonyl (C=O) groups is 2. The summed E-state index contributed by atoms with van der Waals surface area (Å²) < 4.78 is 4.99. The Morgan fingerprint density at radius 2 is 2.18 bits per heavy atom. The number of carboxylic acids is 1. The summed E-state index contributed by atoms with van der Waals surface area (Å²) in [7, 11) is 0. The van der Waals surface area contributed by atoms with Gasteiger partial charge in [0.05, 0.1) is 0 Å². The highest BCUT2D eigenvalue weighted by molar-refractivity contribution is 6.65. The average molecular weight is 327 g/mol. The number of hydrogen-bond donors (Lipinski definition) is 2. The number of alkyl carbamates (subject to hydrolysis) is 1. The lowest BCUT2D eigenvalue weighted by molar-refractivity contribution is -0.140. The van der Waals surface area contributed by atoms with Gasteiger partial charge in [-0.05, 0) is 5.56 Å². The van der Waals surface area contributed by atoms with Gasteiger partial charge in [0.1, 0.15) is 23.9 Å². The minimum atomic E-state index is -1.18. The molecule has 0 spiro atoms. The normalized spacial score (nSPS) is 18.0. The number of benzene rings is 1. The first-order valence-corrected chi connectivity index (χ1v) is 7.00. The van der Waals surface area contributed by atoms with Crippen molar-refractivity contribution in [3.05, 3.63) is 35.9 Å². The van der Waals surface area contributed by atoms with Gasteiger partial charge in [-0.15, -0.1) is 0 Å². The van der Waals surface area contributed by atoms with Crippen molar-refractivity contribution in [2.45, 2.75) is 31.6 Å². The van der Waals surface area contributed by atoms with E-state index in [-0.39, 0.29) is 18.2 Å². The Bertz CT molecular complexity index is 564. The molecule has 0 bridgehead atoms. The number of hydrogen-bond acceptors (Lipinski definition) is 5. The molecular formula is C14H15ClN2O5. The standard InChI is InChI=1S/C14H15ClN2O5/c15-12-7-10(22-17-12)6-11(13(18)19)16-14(20)21-8-9-4-2-1-3-5-9/h1-5,10-11H,6-8H2,(H,16,20)(H,18,19)/t10?,11-/m1/s1. The van der Waals surface area contributed by atoms with Gasteiger partial charge in [0.15, 0.2) is 0 Å². The maximum atomic E-state index is 11.7. The summed E-state index contributed by atoms with van der Waals surface area (Å²) in [6.45, 7) is 0.0634. The minimum Gasteiger partial charge on any atom is -0.480 e. The molecule has 8 heteroatoms. The second-order valence-corrected chi connectivity index (χ2v) is 5.17. The summed E-state index contributed by atoms with van der Waals surface area (Å²) in [5, 5.41) is 15.2. The van der Waals surface area contributed by atoms with Crippen LogP contribution < -0.4 is 5.32 Å². The summed E-state index contributed by atoms with van der Waals surface area (Å²) in [5.41, 5.74) is 0.809. The smallest absolute Gasteiger partial charge is 0.408 e. The summed E-state index contributed by atoms with van der Waals surface area (Å²) in [5.74, 6) is -1.18. The van der Waals surface area contributed by atoms with Crippen LogP contribution in [0.15, 0.2) is 35.5 Å². The largest absolute Gasteiger partial charge is 0.480 e. The van der Waals surface area contributed by atoms with E-state index in [2.05, 4.69) is 10.5 Å². The molecule has 0 saturated heterocycles. The third-order valence-corrected chi connectivity index (χ3v) is 3.22. The van der Waals surface area contributed by atoms with Gasteiger partial charge in [-0.2, -0.15) is 0 Å². The topological polar surface area (TPSA) is 97.2 Å². The zero-order chi connectivity index (χ0) is 15.9. The van der Waals surface area contributed by atoms with Gasteiger partial charge in [-0.3, -0.25) is 0 Å². The van der Waals surface area contributed by atoms with Crippen molar-refractivity contribution in [2.75, 3.05) is 0 Å². The first-order chi connectivity index (χ1) is 10.5. The average Bonchev–Trinajstić information content (AvgIpc) is 2.91. The molecular weight excluding hydrogens is 312 g/mol. The van der Waals surface area contributed by atoms with E-state index >= 15 is 0 Å². The zero-order valence-electron chi connectivity index (χ0n) is 11.6. The first-order valence-electron chi connectivity index (χ1n) is 6.63.